The highest BCUT2D eigenvalue weighted by Crippen LogP contribution is 2.30. The molecule has 0 spiro atoms. The van der Waals surface area contributed by atoms with E-state index in [0.29, 0.717) is 16.1 Å². The van der Waals surface area contributed by atoms with Crippen LogP contribution in [0.4, 0.5) is 0 Å². The van der Waals surface area contributed by atoms with Crippen LogP contribution in [0.5, 0.6) is 0 Å². The first kappa shape index (κ1) is 13.4. The van der Waals surface area contributed by atoms with Gasteiger partial charge in [-0.2, -0.15) is 0 Å². The fraction of sp³-hybridized carbons (Fsp3) is 0.0667. The van der Waals surface area contributed by atoms with Gasteiger partial charge in [0, 0.05) is 15.6 Å². The summed E-state index contributed by atoms with van der Waals surface area (Å²) in [5, 5.41) is 0.893. The molecular weight excluding hydrogens is 338 g/mol. The van der Waals surface area contributed by atoms with Gasteiger partial charge in [-0.1, -0.05) is 40.2 Å². The van der Waals surface area contributed by atoms with Crippen molar-refractivity contribution in [2.45, 2.75) is 11.8 Å². The fourth-order valence-corrected chi connectivity index (χ4v) is 4.35. The number of rotatable bonds is 2. The summed E-state index contributed by atoms with van der Waals surface area (Å²) >= 11 is 3.46. The van der Waals surface area contributed by atoms with Gasteiger partial charge in [-0.05, 0) is 37.3 Å². The third-order valence-electron chi connectivity index (χ3n) is 3.20. The van der Waals surface area contributed by atoms with E-state index in [1.54, 1.807) is 37.3 Å². The van der Waals surface area contributed by atoms with Gasteiger partial charge in [0.05, 0.1) is 10.4 Å². The first-order valence-electron chi connectivity index (χ1n) is 6.09. The third-order valence-corrected chi connectivity index (χ3v) is 5.73. The van der Waals surface area contributed by atoms with Crippen molar-refractivity contribution in [3.63, 3.8) is 0 Å². The Kier molecular flexibility index (Phi) is 3.18. The van der Waals surface area contributed by atoms with Crippen LogP contribution in [0.25, 0.3) is 10.9 Å². The van der Waals surface area contributed by atoms with Gasteiger partial charge in [0.2, 0.25) is 0 Å². The highest BCUT2D eigenvalue weighted by atomic mass is 79.9. The summed E-state index contributed by atoms with van der Waals surface area (Å²) in [6.45, 7) is 1.80. The average Bonchev–Trinajstić information content (AvgIpc) is 2.78. The zero-order valence-corrected chi connectivity index (χ0v) is 13.1. The molecule has 0 N–H and O–H groups in total. The normalized spacial score (nSPS) is 11.9. The van der Waals surface area contributed by atoms with Crippen LogP contribution in [-0.4, -0.2) is 12.4 Å². The maximum absolute atomic E-state index is 12.8. The second-order valence-electron chi connectivity index (χ2n) is 4.54. The Morgan fingerprint density at radius 1 is 1.00 bits per heavy atom. The van der Waals surface area contributed by atoms with Gasteiger partial charge in [0.1, 0.15) is 0 Å². The van der Waals surface area contributed by atoms with E-state index in [9.17, 15) is 8.42 Å². The topological polar surface area (TPSA) is 39.1 Å². The van der Waals surface area contributed by atoms with Crippen LogP contribution in [-0.2, 0) is 10.0 Å². The van der Waals surface area contributed by atoms with Gasteiger partial charge in [-0.25, -0.2) is 12.4 Å². The number of hydrogen-bond donors (Lipinski definition) is 0. The minimum atomic E-state index is -3.57. The molecule has 0 saturated heterocycles. The highest BCUT2D eigenvalue weighted by Gasteiger charge is 2.21. The van der Waals surface area contributed by atoms with Crippen molar-refractivity contribution in [1.82, 2.24) is 3.97 Å². The summed E-state index contributed by atoms with van der Waals surface area (Å²) in [7, 11) is -3.57. The summed E-state index contributed by atoms with van der Waals surface area (Å²) in [4.78, 5) is 0.292. The van der Waals surface area contributed by atoms with Crippen molar-refractivity contribution in [2.75, 3.05) is 0 Å². The van der Waals surface area contributed by atoms with Crippen molar-refractivity contribution in [1.29, 1.82) is 0 Å². The second kappa shape index (κ2) is 4.75. The molecule has 0 unspecified atom stereocenters. The first-order chi connectivity index (χ1) is 9.51. The van der Waals surface area contributed by atoms with Gasteiger partial charge in [0.25, 0.3) is 10.0 Å². The molecule has 1 heterocycles. The number of nitrogens with zero attached hydrogens (tertiary/aromatic N) is 1. The van der Waals surface area contributed by atoms with Crippen LogP contribution >= 0.6 is 15.9 Å². The number of aryl methyl sites for hydroxylation is 1. The standard InChI is InChI=1S/C15H12BrNO2S/c1-11-10-13-14(16)8-5-9-15(13)17(11)20(18,19)12-6-3-2-4-7-12/h2-10H,1H3. The van der Waals surface area contributed by atoms with Gasteiger partial charge >= 0.3 is 0 Å². The third kappa shape index (κ3) is 1.98. The predicted octanol–water partition coefficient (Wildman–Crippen LogP) is 3.95. The van der Waals surface area contributed by atoms with Crippen molar-refractivity contribution in [3.8, 4) is 0 Å². The maximum Gasteiger partial charge on any atom is 0.268 e. The van der Waals surface area contributed by atoms with E-state index >= 15 is 0 Å². The van der Waals surface area contributed by atoms with E-state index < -0.39 is 10.0 Å². The molecule has 0 bridgehead atoms. The lowest BCUT2D eigenvalue weighted by atomic mass is 10.2. The van der Waals surface area contributed by atoms with Gasteiger partial charge in [0.15, 0.2) is 0 Å². The van der Waals surface area contributed by atoms with E-state index in [0.717, 1.165) is 9.86 Å². The van der Waals surface area contributed by atoms with E-state index in [2.05, 4.69) is 15.9 Å². The lowest BCUT2D eigenvalue weighted by molar-refractivity contribution is 0.588. The number of hydrogen-bond acceptors (Lipinski definition) is 2. The second-order valence-corrected chi connectivity index (χ2v) is 7.18. The number of fused-ring (bicyclic) bond motifs is 1. The Balaban J connectivity index is 2.36. The molecule has 0 aliphatic carbocycles. The molecule has 20 heavy (non-hydrogen) atoms. The Hall–Kier alpha value is -1.59. The molecule has 3 rings (SSSR count). The first-order valence-corrected chi connectivity index (χ1v) is 8.32. The highest BCUT2D eigenvalue weighted by molar-refractivity contribution is 9.10. The molecule has 3 aromatic rings. The van der Waals surface area contributed by atoms with Gasteiger partial charge in [-0.15, -0.1) is 0 Å². The summed E-state index contributed by atoms with van der Waals surface area (Å²) < 4.78 is 27.9. The van der Waals surface area contributed by atoms with Crippen molar-refractivity contribution < 1.29 is 8.42 Å². The number of aromatic nitrogens is 1. The maximum atomic E-state index is 12.8. The Labute approximate surface area is 126 Å². The quantitative estimate of drug-likeness (QED) is 0.702. The summed E-state index contributed by atoms with van der Waals surface area (Å²) in [6.07, 6.45) is 0. The molecule has 0 fully saturated rings. The monoisotopic (exact) mass is 349 g/mol. The van der Waals surface area contributed by atoms with Gasteiger partial charge in [-0.3, -0.25) is 0 Å². The predicted molar refractivity (Wildman–Crippen MR) is 83.4 cm³/mol. The van der Waals surface area contributed by atoms with Crippen LogP contribution in [0.1, 0.15) is 5.69 Å². The van der Waals surface area contributed by atoms with Crippen molar-refractivity contribution in [2.24, 2.45) is 0 Å². The largest absolute Gasteiger partial charge is 0.268 e. The molecule has 0 saturated carbocycles. The molecule has 5 heteroatoms. The zero-order chi connectivity index (χ0) is 14.3. The van der Waals surface area contributed by atoms with Crippen molar-refractivity contribution >= 4 is 36.9 Å². The molecule has 1 aromatic heterocycles. The van der Waals surface area contributed by atoms with E-state index in [-0.39, 0.29) is 0 Å². The molecule has 0 aliphatic heterocycles. The van der Waals surface area contributed by atoms with Crippen LogP contribution < -0.4 is 0 Å². The molecular formula is C15H12BrNO2S. The zero-order valence-electron chi connectivity index (χ0n) is 10.7. The molecule has 102 valence electrons. The Morgan fingerprint density at radius 3 is 2.40 bits per heavy atom. The average molecular weight is 350 g/mol. The Bertz CT molecular complexity index is 883. The fourth-order valence-electron chi connectivity index (χ4n) is 2.32. The molecule has 0 aliphatic rings. The van der Waals surface area contributed by atoms with E-state index in [1.165, 1.54) is 3.97 Å². The van der Waals surface area contributed by atoms with Crippen molar-refractivity contribution in [3.05, 3.63) is 64.8 Å². The molecule has 0 radical (unpaired) electrons. The lowest BCUT2D eigenvalue weighted by Gasteiger charge is -2.09. The lowest BCUT2D eigenvalue weighted by Crippen LogP contribution is -2.14. The summed E-state index contributed by atoms with van der Waals surface area (Å²) in [5.74, 6) is 0. The Morgan fingerprint density at radius 2 is 1.70 bits per heavy atom. The van der Waals surface area contributed by atoms with E-state index in [1.807, 2.05) is 24.3 Å². The number of benzene rings is 2. The van der Waals surface area contributed by atoms with Crippen LogP contribution in [0.3, 0.4) is 0 Å². The van der Waals surface area contributed by atoms with Crippen LogP contribution in [0.2, 0.25) is 0 Å². The SMILES string of the molecule is Cc1cc2c(Br)cccc2n1S(=O)(=O)c1ccccc1. The molecule has 0 atom stereocenters. The number of halogens is 1. The summed E-state index contributed by atoms with van der Waals surface area (Å²) in [5.41, 5.74) is 1.37. The summed E-state index contributed by atoms with van der Waals surface area (Å²) in [6, 6.07) is 15.9. The van der Waals surface area contributed by atoms with Crippen LogP contribution in [0.15, 0.2) is 64.0 Å². The minimum Gasteiger partial charge on any atom is -0.238 e. The van der Waals surface area contributed by atoms with E-state index in [4.69, 9.17) is 0 Å². The van der Waals surface area contributed by atoms with Gasteiger partial charge < -0.3 is 0 Å². The molecule has 2 aromatic carbocycles. The van der Waals surface area contributed by atoms with Crippen LogP contribution in [0, 0.1) is 6.92 Å². The minimum absolute atomic E-state index is 0.292. The molecule has 0 amide bonds. The molecule has 3 nitrogen and oxygen atoms in total. The smallest absolute Gasteiger partial charge is 0.238 e.